The molecule has 224 valence electrons. The molecule has 1 aliphatic carbocycles. The Morgan fingerprint density at radius 1 is 1.07 bits per heavy atom. The number of phenols is 1. The molecule has 1 heterocycles. The van der Waals surface area contributed by atoms with Gasteiger partial charge in [0.1, 0.15) is 5.75 Å². The van der Waals surface area contributed by atoms with Crippen molar-refractivity contribution in [2.24, 2.45) is 0 Å². The van der Waals surface area contributed by atoms with E-state index in [-0.39, 0.29) is 11.3 Å². The van der Waals surface area contributed by atoms with E-state index in [0.717, 1.165) is 69.7 Å². The molecule has 4 rings (SSSR count). The zero-order chi connectivity index (χ0) is 29.0. The number of nitrogens with one attached hydrogen (secondary N) is 2. The summed E-state index contributed by atoms with van der Waals surface area (Å²) in [6.07, 6.45) is 8.07. The average Bonchev–Trinajstić information content (AvgIpc) is 3.51. The van der Waals surface area contributed by atoms with E-state index >= 15 is 0 Å². The van der Waals surface area contributed by atoms with Crippen LogP contribution in [0.1, 0.15) is 68.6 Å². The van der Waals surface area contributed by atoms with E-state index in [1.807, 2.05) is 12.1 Å². The highest BCUT2D eigenvalue weighted by Gasteiger charge is 2.22. The summed E-state index contributed by atoms with van der Waals surface area (Å²) in [5, 5.41) is 24.9. The highest BCUT2D eigenvalue weighted by molar-refractivity contribution is 7.85. The summed E-state index contributed by atoms with van der Waals surface area (Å²) in [7, 11) is 1.21. The van der Waals surface area contributed by atoms with Crippen molar-refractivity contribution >= 4 is 21.7 Å². The number of phenolic OH excluding ortho intramolecular Hbond substituents is 1. The van der Waals surface area contributed by atoms with Crippen molar-refractivity contribution in [2.75, 3.05) is 39.9 Å². The lowest BCUT2D eigenvalue weighted by Crippen LogP contribution is -2.23. The Bertz CT molecular complexity index is 1320. The van der Waals surface area contributed by atoms with Gasteiger partial charge in [0.05, 0.1) is 29.0 Å². The highest BCUT2D eigenvalue weighted by atomic mass is 32.2. The second-order valence-electron chi connectivity index (χ2n) is 11.1. The lowest BCUT2D eigenvalue weighted by atomic mass is 10.0. The first kappa shape index (κ1) is 31.4. The fourth-order valence-electron chi connectivity index (χ4n) is 5.48. The van der Waals surface area contributed by atoms with Gasteiger partial charge in [0, 0.05) is 47.8 Å². The smallest absolute Gasteiger partial charge is 0.248 e. The Labute approximate surface area is 245 Å². The molecule has 0 spiro atoms. The lowest BCUT2D eigenvalue weighted by Gasteiger charge is -2.17. The zero-order valence-electron chi connectivity index (χ0n) is 24.1. The molecule has 41 heavy (non-hydrogen) atoms. The predicted octanol–water partition coefficient (Wildman–Crippen LogP) is 4.62. The van der Waals surface area contributed by atoms with Crippen LogP contribution in [0.4, 0.5) is 0 Å². The lowest BCUT2D eigenvalue weighted by molar-refractivity contribution is 0.106. The Morgan fingerprint density at radius 3 is 2.71 bits per heavy atom. The molecular formula is C32H45N3O5S. The number of benzene rings is 2. The number of ether oxygens (including phenoxy) is 1. The van der Waals surface area contributed by atoms with Crippen LogP contribution in [-0.2, 0) is 22.1 Å². The Morgan fingerprint density at radius 2 is 1.88 bits per heavy atom. The number of aromatic nitrogens is 1. The van der Waals surface area contributed by atoms with E-state index in [4.69, 9.17) is 4.74 Å². The number of aromatic hydroxyl groups is 1. The zero-order valence-corrected chi connectivity index (χ0v) is 25.0. The minimum atomic E-state index is -0.889. The summed E-state index contributed by atoms with van der Waals surface area (Å²) in [4.78, 5) is 17.4. The molecule has 1 saturated carbocycles. The van der Waals surface area contributed by atoms with Crippen LogP contribution in [0, 0.1) is 0 Å². The molecule has 4 N–H and O–H groups in total. The standard InChI is InChI=1S/C32H45N3O5S/c1-35(23-24-9-8-12-26(21-24)41(39)25-10-4-5-11-25)18-20-40-19-7-3-2-6-17-33-22-30(37)27-13-15-29(36)32-28(27)14-16-31(38)34-32/h8-9,12-16,21,25,30,33,36-37H,2-7,10-11,17-20,22-23H2,1H3,(H,34,38)/t30-,41?/m0/s1. The fraction of sp³-hybridized carbons (Fsp3) is 0.531. The molecule has 1 aromatic heterocycles. The van der Waals surface area contributed by atoms with Crippen LogP contribution in [0.3, 0.4) is 0 Å². The normalized spacial score (nSPS) is 15.6. The molecule has 2 aromatic carbocycles. The summed E-state index contributed by atoms with van der Waals surface area (Å²) in [5.74, 6) is -0.00686. The quantitative estimate of drug-likeness (QED) is 0.172. The Hall–Kier alpha value is -2.56. The largest absolute Gasteiger partial charge is 0.506 e. The molecule has 1 aliphatic rings. The van der Waals surface area contributed by atoms with Crippen molar-refractivity contribution in [1.29, 1.82) is 0 Å². The molecule has 0 radical (unpaired) electrons. The summed E-state index contributed by atoms with van der Waals surface area (Å²) >= 11 is 0. The van der Waals surface area contributed by atoms with Crippen LogP contribution in [0.25, 0.3) is 10.9 Å². The van der Waals surface area contributed by atoms with E-state index in [1.54, 1.807) is 12.1 Å². The molecule has 0 amide bonds. The molecule has 2 atom stereocenters. The molecule has 0 bridgehead atoms. The van der Waals surface area contributed by atoms with Crippen LogP contribution in [0.2, 0.25) is 0 Å². The second-order valence-corrected chi connectivity index (χ2v) is 12.9. The number of H-pyrrole nitrogens is 1. The van der Waals surface area contributed by atoms with Crippen molar-refractivity contribution in [3.8, 4) is 5.75 Å². The third-order valence-corrected chi connectivity index (χ3v) is 9.60. The fourth-order valence-corrected chi connectivity index (χ4v) is 7.11. The molecule has 1 fully saturated rings. The number of fused-ring (bicyclic) bond motifs is 1. The predicted molar refractivity (Wildman–Crippen MR) is 165 cm³/mol. The number of unbranched alkanes of at least 4 members (excludes halogenated alkanes) is 3. The van der Waals surface area contributed by atoms with Crippen LogP contribution in [0.5, 0.6) is 5.75 Å². The van der Waals surface area contributed by atoms with E-state index in [9.17, 15) is 19.2 Å². The van der Waals surface area contributed by atoms with Gasteiger partial charge in [0.2, 0.25) is 5.56 Å². The molecular weight excluding hydrogens is 538 g/mol. The first-order chi connectivity index (χ1) is 19.9. The number of likely N-dealkylation sites (N-methyl/N-ethyl adjacent to an activating group) is 1. The Balaban J connectivity index is 1.03. The van der Waals surface area contributed by atoms with Crippen LogP contribution >= 0.6 is 0 Å². The van der Waals surface area contributed by atoms with Crippen molar-refractivity contribution in [3.05, 3.63) is 70.0 Å². The summed E-state index contributed by atoms with van der Waals surface area (Å²) in [6.45, 7) is 4.34. The molecule has 0 aliphatic heterocycles. The number of aliphatic hydroxyl groups excluding tert-OH is 1. The van der Waals surface area contributed by atoms with Gasteiger partial charge in [-0.3, -0.25) is 13.9 Å². The minimum Gasteiger partial charge on any atom is -0.506 e. The van der Waals surface area contributed by atoms with Crippen molar-refractivity contribution in [2.45, 2.75) is 74.2 Å². The average molecular weight is 584 g/mol. The van der Waals surface area contributed by atoms with Gasteiger partial charge in [-0.15, -0.1) is 0 Å². The van der Waals surface area contributed by atoms with E-state index in [1.165, 1.54) is 30.5 Å². The van der Waals surface area contributed by atoms with Crippen LogP contribution in [0.15, 0.2) is 58.2 Å². The van der Waals surface area contributed by atoms with Crippen molar-refractivity contribution in [3.63, 3.8) is 0 Å². The number of hydrogen-bond acceptors (Lipinski definition) is 7. The maximum atomic E-state index is 12.8. The first-order valence-electron chi connectivity index (χ1n) is 14.9. The molecule has 9 heteroatoms. The maximum Gasteiger partial charge on any atom is 0.248 e. The number of nitrogens with zero attached hydrogens (tertiary/aromatic N) is 1. The van der Waals surface area contributed by atoms with Crippen molar-refractivity contribution < 1.29 is 19.2 Å². The molecule has 8 nitrogen and oxygen atoms in total. The number of rotatable bonds is 17. The maximum absolute atomic E-state index is 12.8. The second kappa shape index (κ2) is 16.2. The van der Waals surface area contributed by atoms with Crippen molar-refractivity contribution in [1.82, 2.24) is 15.2 Å². The van der Waals surface area contributed by atoms with Gasteiger partial charge < -0.3 is 25.3 Å². The van der Waals surface area contributed by atoms with Gasteiger partial charge in [-0.1, -0.05) is 43.9 Å². The topological polar surface area (TPSA) is 115 Å². The van der Waals surface area contributed by atoms with Gasteiger partial charge in [-0.2, -0.15) is 0 Å². The van der Waals surface area contributed by atoms with Gasteiger partial charge in [-0.05, 0) is 74.7 Å². The minimum absolute atomic E-state index is 0.00686. The number of aliphatic hydroxyl groups is 1. The Kier molecular flexibility index (Phi) is 12.4. The molecule has 0 saturated heterocycles. The number of aromatic amines is 1. The van der Waals surface area contributed by atoms with Crippen LogP contribution < -0.4 is 10.9 Å². The summed E-state index contributed by atoms with van der Waals surface area (Å²) in [6, 6.07) is 14.5. The van der Waals surface area contributed by atoms with Crippen LogP contribution in [-0.4, -0.2) is 69.5 Å². The first-order valence-corrected chi connectivity index (χ1v) is 16.1. The molecule has 3 aromatic rings. The van der Waals surface area contributed by atoms with Gasteiger partial charge in [0.15, 0.2) is 0 Å². The number of hydrogen-bond donors (Lipinski definition) is 4. The van der Waals surface area contributed by atoms with E-state index in [2.05, 4.69) is 34.4 Å². The number of pyridine rings is 1. The monoisotopic (exact) mass is 583 g/mol. The third kappa shape index (κ3) is 9.48. The van der Waals surface area contributed by atoms with E-state index in [0.29, 0.717) is 34.9 Å². The SMILES string of the molecule is CN(CCOCCCCCCNC[C@H](O)c1ccc(O)c2[nH]c(=O)ccc12)Cc1cccc(S(=O)C2CCCC2)c1. The van der Waals surface area contributed by atoms with Gasteiger partial charge in [0.25, 0.3) is 0 Å². The summed E-state index contributed by atoms with van der Waals surface area (Å²) in [5.41, 5.74) is 1.93. The van der Waals surface area contributed by atoms with Gasteiger partial charge >= 0.3 is 0 Å². The van der Waals surface area contributed by atoms with E-state index < -0.39 is 16.9 Å². The summed E-state index contributed by atoms with van der Waals surface area (Å²) < 4.78 is 18.7. The third-order valence-electron chi connectivity index (χ3n) is 7.80. The van der Waals surface area contributed by atoms with Gasteiger partial charge in [-0.25, -0.2) is 0 Å². The highest BCUT2D eigenvalue weighted by Crippen LogP contribution is 2.29. The molecule has 1 unspecified atom stereocenters.